The molecule has 1 aromatic carbocycles. The minimum absolute atomic E-state index is 0. The first-order valence-electron chi connectivity index (χ1n) is 4.77. The van der Waals surface area contributed by atoms with Gasteiger partial charge in [0.15, 0.2) is 0 Å². The highest BCUT2D eigenvalue weighted by atomic mass is 79.9. The molecule has 0 bridgehead atoms. The molecular formula is C11H18BrClN2O. The molecule has 1 atom stereocenters. The number of aromatic hydroxyl groups is 1. The molecule has 0 amide bonds. The first-order valence-corrected chi connectivity index (χ1v) is 5.57. The minimum atomic E-state index is -0.268. The summed E-state index contributed by atoms with van der Waals surface area (Å²) in [4.78, 5) is 0. The second-order valence-electron chi connectivity index (χ2n) is 4.74. The van der Waals surface area contributed by atoms with Crippen LogP contribution in [-0.2, 0) is 0 Å². The third kappa shape index (κ3) is 3.03. The molecule has 0 spiro atoms. The maximum Gasteiger partial charge on any atom is 0.144 e. The number of phenolic OH excluding ortho intramolecular Hbond substituents is 1. The zero-order chi connectivity index (χ0) is 11.8. The average molecular weight is 310 g/mol. The zero-order valence-electron chi connectivity index (χ0n) is 9.62. The second-order valence-corrected chi connectivity index (χ2v) is 5.60. The summed E-state index contributed by atoms with van der Waals surface area (Å²) in [5.74, 6) is 0.0757. The van der Waals surface area contributed by atoms with E-state index in [1.807, 2.05) is 20.8 Å². The number of nitrogen functional groups attached to an aromatic ring is 1. The molecule has 16 heavy (non-hydrogen) atoms. The molecule has 0 aliphatic carbocycles. The summed E-state index contributed by atoms with van der Waals surface area (Å²) in [5.41, 5.74) is 12.6. The minimum Gasteiger partial charge on any atom is -0.505 e. The SMILES string of the molecule is CC(C)(C)[C@H](N)c1c(Br)ccc(N)c1O.Cl. The third-order valence-electron chi connectivity index (χ3n) is 2.44. The summed E-state index contributed by atoms with van der Waals surface area (Å²) in [6.07, 6.45) is 0. The van der Waals surface area contributed by atoms with Gasteiger partial charge in [0.2, 0.25) is 0 Å². The van der Waals surface area contributed by atoms with Gasteiger partial charge < -0.3 is 16.6 Å². The van der Waals surface area contributed by atoms with Crippen LogP contribution in [0.5, 0.6) is 5.75 Å². The summed E-state index contributed by atoms with van der Waals surface area (Å²) in [6, 6.07) is 3.18. The predicted molar refractivity (Wildman–Crippen MR) is 73.9 cm³/mol. The standard InChI is InChI=1S/C11H17BrN2O.ClH/c1-11(2,3)10(14)8-6(12)4-5-7(13)9(8)15;/h4-5,10,15H,13-14H2,1-3H3;1H/t10-;/m1./s1. The van der Waals surface area contributed by atoms with Crippen molar-refractivity contribution in [3.8, 4) is 5.75 Å². The Bertz CT molecular complexity index is 377. The molecule has 0 aromatic heterocycles. The van der Waals surface area contributed by atoms with Crippen LogP contribution in [0.15, 0.2) is 16.6 Å². The van der Waals surface area contributed by atoms with Gasteiger partial charge in [0.25, 0.3) is 0 Å². The van der Waals surface area contributed by atoms with Crippen LogP contribution in [0.3, 0.4) is 0 Å². The van der Waals surface area contributed by atoms with E-state index in [4.69, 9.17) is 11.5 Å². The van der Waals surface area contributed by atoms with Gasteiger partial charge in [-0.05, 0) is 17.5 Å². The van der Waals surface area contributed by atoms with Crippen molar-refractivity contribution in [1.29, 1.82) is 0 Å². The molecule has 0 heterocycles. The van der Waals surface area contributed by atoms with Crippen LogP contribution in [0.2, 0.25) is 0 Å². The van der Waals surface area contributed by atoms with Crippen LogP contribution in [0.1, 0.15) is 32.4 Å². The first kappa shape index (κ1) is 15.6. The van der Waals surface area contributed by atoms with E-state index in [9.17, 15) is 5.11 Å². The second kappa shape index (κ2) is 5.25. The molecule has 0 radical (unpaired) electrons. The Morgan fingerprint density at radius 3 is 2.25 bits per heavy atom. The average Bonchev–Trinajstić information content (AvgIpc) is 2.10. The van der Waals surface area contributed by atoms with Crippen LogP contribution in [0.25, 0.3) is 0 Å². The van der Waals surface area contributed by atoms with Gasteiger partial charge in [-0.15, -0.1) is 12.4 Å². The zero-order valence-corrected chi connectivity index (χ0v) is 12.0. The summed E-state index contributed by atoms with van der Waals surface area (Å²) < 4.78 is 0.789. The topological polar surface area (TPSA) is 72.3 Å². The highest BCUT2D eigenvalue weighted by molar-refractivity contribution is 9.10. The number of phenols is 1. The van der Waals surface area contributed by atoms with Crippen molar-refractivity contribution >= 4 is 34.0 Å². The number of rotatable bonds is 1. The lowest BCUT2D eigenvalue weighted by Gasteiger charge is -2.29. The van der Waals surface area contributed by atoms with Crippen LogP contribution in [0.4, 0.5) is 5.69 Å². The lowest BCUT2D eigenvalue weighted by atomic mass is 9.82. The summed E-state index contributed by atoms with van der Waals surface area (Å²) >= 11 is 3.38. The molecule has 0 saturated carbocycles. The van der Waals surface area contributed by atoms with Gasteiger partial charge in [0.1, 0.15) is 5.75 Å². The number of halogens is 2. The molecule has 1 rings (SSSR count). The number of hydrogen-bond acceptors (Lipinski definition) is 3. The van der Waals surface area contributed by atoms with Crippen molar-refractivity contribution in [3.63, 3.8) is 0 Å². The number of hydrogen-bond donors (Lipinski definition) is 3. The number of anilines is 1. The maximum absolute atomic E-state index is 9.88. The highest BCUT2D eigenvalue weighted by Gasteiger charge is 2.27. The van der Waals surface area contributed by atoms with E-state index in [0.717, 1.165) is 4.47 Å². The lowest BCUT2D eigenvalue weighted by Crippen LogP contribution is -2.26. The molecule has 0 aliphatic heterocycles. The van der Waals surface area contributed by atoms with Crippen molar-refractivity contribution in [2.45, 2.75) is 26.8 Å². The van der Waals surface area contributed by atoms with E-state index in [0.29, 0.717) is 11.3 Å². The van der Waals surface area contributed by atoms with Gasteiger partial charge in [-0.25, -0.2) is 0 Å². The van der Waals surface area contributed by atoms with E-state index in [1.165, 1.54) is 0 Å². The smallest absolute Gasteiger partial charge is 0.144 e. The number of nitrogens with two attached hydrogens (primary N) is 2. The quantitative estimate of drug-likeness (QED) is 0.551. The molecular weight excluding hydrogens is 291 g/mol. The predicted octanol–water partition coefficient (Wildman–Crippen LogP) is 3.20. The lowest BCUT2D eigenvalue weighted by molar-refractivity contribution is 0.317. The Kier molecular flexibility index (Phi) is 5.11. The van der Waals surface area contributed by atoms with Crippen LogP contribution in [0, 0.1) is 5.41 Å². The molecule has 5 N–H and O–H groups in total. The van der Waals surface area contributed by atoms with Gasteiger partial charge in [-0.3, -0.25) is 0 Å². The normalized spacial score (nSPS) is 13.1. The van der Waals surface area contributed by atoms with Crippen molar-refractivity contribution in [1.82, 2.24) is 0 Å². The fourth-order valence-electron chi connectivity index (χ4n) is 1.33. The van der Waals surface area contributed by atoms with Gasteiger partial charge in [0.05, 0.1) is 5.69 Å². The fraction of sp³-hybridized carbons (Fsp3) is 0.455. The van der Waals surface area contributed by atoms with E-state index < -0.39 is 0 Å². The monoisotopic (exact) mass is 308 g/mol. The Balaban J connectivity index is 0.00000225. The van der Waals surface area contributed by atoms with Crippen LogP contribution in [-0.4, -0.2) is 5.11 Å². The molecule has 92 valence electrons. The molecule has 3 nitrogen and oxygen atoms in total. The van der Waals surface area contributed by atoms with Crippen molar-refractivity contribution < 1.29 is 5.11 Å². The Hall–Kier alpha value is -0.450. The molecule has 1 aromatic rings. The van der Waals surface area contributed by atoms with Gasteiger partial charge in [-0.2, -0.15) is 0 Å². The molecule has 0 fully saturated rings. The van der Waals surface area contributed by atoms with Crippen LogP contribution < -0.4 is 11.5 Å². The van der Waals surface area contributed by atoms with Gasteiger partial charge >= 0.3 is 0 Å². The highest BCUT2D eigenvalue weighted by Crippen LogP contribution is 2.41. The number of benzene rings is 1. The maximum atomic E-state index is 9.88. The van der Waals surface area contributed by atoms with Gasteiger partial charge in [0, 0.05) is 16.1 Å². The Morgan fingerprint density at radius 2 is 1.81 bits per heavy atom. The molecule has 5 heteroatoms. The molecule has 0 aliphatic rings. The van der Waals surface area contributed by atoms with Crippen LogP contribution >= 0.6 is 28.3 Å². The Morgan fingerprint density at radius 1 is 1.31 bits per heavy atom. The van der Waals surface area contributed by atoms with Crippen molar-refractivity contribution in [2.75, 3.05) is 5.73 Å². The summed E-state index contributed by atoms with van der Waals surface area (Å²) in [6.45, 7) is 6.06. The van der Waals surface area contributed by atoms with E-state index >= 15 is 0 Å². The summed E-state index contributed by atoms with van der Waals surface area (Å²) in [7, 11) is 0. The third-order valence-corrected chi connectivity index (χ3v) is 3.13. The largest absolute Gasteiger partial charge is 0.505 e. The van der Waals surface area contributed by atoms with E-state index in [2.05, 4.69) is 15.9 Å². The van der Waals surface area contributed by atoms with E-state index in [1.54, 1.807) is 12.1 Å². The molecule has 0 saturated heterocycles. The van der Waals surface area contributed by atoms with Crippen molar-refractivity contribution in [3.05, 3.63) is 22.2 Å². The van der Waals surface area contributed by atoms with E-state index in [-0.39, 0.29) is 29.6 Å². The Labute approximate surface area is 111 Å². The van der Waals surface area contributed by atoms with Crippen molar-refractivity contribution in [2.24, 2.45) is 11.1 Å². The summed E-state index contributed by atoms with van der Waals surface area (Å²) in [5, 5.41) is 9.88. The fourth-order valence-corrected chi connectivity index (χ4v) is 1.90. The first-order chi connectivity index (χ1) is 6.75. The molecule has 0 unspecified atom stereocenters. The van der Waals surface area contributed by atoms with Gasteiger partial charge in [-0.1, -0.05) is 36.7 Å².